The normalized spacial score (nSPS) is 13.4. The Kier molecular flexibility index (Phi) is 14.2. The molecular weight excluding hydrogens is 785 g/mol. The van der Waals surface area contributed by atoms with E-state index in [0.29, 0.717) is 46.2 Å². The number of fused-ring (bicyclic) bond motifs is 6. The molecule has 0 aliphatic heterocycles. The molecule has 0 unspecified atom stereocenters. The molecule has 63 heavy (non-hydrogen) atoms. The van der Waals surface area contributed by atoms with E-state index < -0.39 is 0 Å². The molecule has 9 nitrogen and oxygen atoms in total. The molecule has 2 heterocycles. The maximum Gasteiger partial charge on any atom is 0.119 e. The Morgan fingerprint density at radius 3 is 2.02 bits per heavy atom. The maximum atomic E-state index is 10.1. The molecule has 2 aromatic heterocycles. The number of aliphatic hydroxyl groups is 1. The van der Waals surface area contributed by atoms with Crippen molar-refractivity contribution in [3.8, 4) is 5.75 Å². The fourth-order valence-corrected chi connectivity index (χ4v) is 8.68. The second-order valence-corrected chi connectivity index (χ2v) is 15.5. The maximum absolute atomic E-state index is 10.1. The number of para-hydroxylation sites is 2. The topological polar surface area (TPSA) is 82.3 Å². The Hall–Kier alpha value is -6.36. The number of anilines is 3. The van der Waals surface area contributed by atoms with Crippen molar-refractivity contribution in [2.24, 2.45) is 0 Å². The van der Waals surface area contributed by atoms with Crippen molar-refractivity contribution < 1.29 is 24.1 Å². The average molecular weight is 843 g/mol. The van der Waals surface area contributed by atoms with Crippen LogP contribution in [0.5, 0.6) is 5.75 Å². The number of ether oxygens (including phenoxy) is 4. The highest BCUT2D eigenvalue weighted by Crippen LogP contribution is 2.40. The van der Waals surface area contributed by atoms with E-state index in [9.17, 15) is 5.11 Å². The second-order valence-electron chi connectivity index (χ2n) is 15.5. The highest BCUT2D eigenvalue weighted by atomic mass is 16.5. The van der Waals surface area contributed by atoms with Gasteiger partial charge in [0.15, 0.2) is 0 Å². The zero-order valence-electron chi connectivity index (χ0n) is 36.7. The summed E-state index contributed by atoms with van der Waals surface area (Å²) in [4.78, 5) is 2.35. The summed E-state index contributed by atoms with van der Waals surface area (Å²) in [6, 6.07) is 38.6. The van der Waals surface area contributed by atoms with Gasteiger partial charge in [0, 0.05) is 98.9 Å². The van der Waals surface area contributed by atoms with Crippen molar-refractivity contribution in [3.63, 3.8) is 0 Å². The van der Waals surface area contributed by atoms with Gasteiger partial charge >= 0.3 is 0 Å². The van der Waals surface area contributed by atoms with Gasteiger partial charge in [0.05, 0.1) is 33.0 Å². The van der Waals surface area contributed by atoms with Gasteiger partial charge in [-0.25, -0.2) is 0 Å². The summed E-state index contributed by atoms with van der Waals surface area (Å²) < 4.78 is 27.0. The molecule has 0 bridgehead atoms. The van der Waals surface area contributed by atoms with E-state index in [0.717, 1.165) is 92.1 Å². The van der Waals surface area contributed by atoms with Crippen LogP contribution in [-0.4, -0.2) is 67.6 Å². The molecule has 0 radical (unpaired) electrons. The summed E-state index contributed by atoms with van der Waals surface area (Å²) in [6.07, 6.45) is 12.6. The minimum atomic E-state index is 0.0570. The molecule has 0 fully saturated rings. The van der Waals surface area contributed by atoms with Gasteiger partial charge in [0.2, 0.25) is 0 Å². The number of nitrogens with zero attached hydrogens (tertiary/aromatic N) is 3. The average Bonchev–Trinajstić information content (AvgIpc) is 3.80. The van der Waals surface area contributed by atoms with E-state index in [2.05, 4.69) is 142 Å². The largest absolute Gasteiger partial charge is 0.491 e. The van der Waals surface area contributed by atoms with Crippen LogP contribution in [0.4, 0.5) is 17.1 Å². The first-order chi connectivity index (χ1) is 31.0. The van der Waals surface area contributed by atoms with Crippen LogP contribution in [0.3, 0.4) is 0 Å². The predicted molar refractivity (Wildman–Crippen MR) is 260 cm³/mol. The smallest absolute Gasteiger partial charge is 0.119 e. The zero-order valence-corrected chi connectivity index (χ0v) is 36.7. The van der Waals surface area contributed by atoms with Crippen molar-refractivity contribution in [3.05, 3.63) is 169 Å². The number of nitrogens with one attached hydrogen (secondary N) is 1. The second kappa shape index (κ2) is 20.7. The molecule has 7 aromatic rings. The highest BCUT2D eigenvalue weighted by Gasteiger charge is 2.21. The first kappa shape index (κ1) is 43.3. The molecule has 1 aliphatic carbocycles. The lowest BCUT2D eigenvalue weighted by molar-refractivity contribution is 0.0503. The van der Waals surface area contributed by atoms with E-state index in [-0.39, 0.29) is 6.61 Å². The van der Waals surface area contributed by atoms with Gasteiger partial charge in [-0.15, -0.1) is 0 Å². The molecule has 1 aliphatic rings. The fourth-order valence-electron chi connectivity index (χ4n) is 8.68. The monoisotopic (exact) mass is 842 g/mol. The van der Waals surface area contributed by atoms with Crippen LogP contribution >= 0.6 is 0 Å². The summed E-state index contributed by atoms with van der Waals surface area (Å²) in [5.41, 5.74) is 11.6. The molecule has 0 spiro atoms. The van der Waals surface area contributed by atoms with Crippen molar-refractivity contribution in [2.75, 3.05) is 63.6 Å². The van der Waals surface area contributed by atoms with Gasteiger partial charge in [-0.3, -0.25) is 0 Å². The third-order valence-corrected chi connectivity index (χ3v) is 11.6. The zero-order chi connectivity index (χ0) is 43.5. The summed E-state index contributed by atoms with van der Waals surface area (Å²) >= 11 is 0. The van der Waals surface area contributed by atoms with E-state index in [1.165, 1.54) is 16.3 Å². The third kappa shape index (κ3) is 9.53. The van der Waals surface area contributed by atoms with Gasteiger partial charge in [-0.05, 0) is 129 Å². The number of hydrogen-bond donors (Lipinski definition) is 2. The summed E-state index contributed by atoms with van der Waals surface area (Å²) in [5.74, 6) is 0.802. The SMILES string of the molecule is C=C(/C=C(\C=C/C)N(c1ccc2c(c1)c1ccccc1n2CCO)c1ccc2c(c1)c1ccccc1n2CCOCCOCC)C1=C(Nc2ccc(OCCOC)cc2)C=CCC1. The van der Waals surface area contributed by atoms with Gasteiger partial charge in [0.1, 0.15) is 12.4 Å². The molecule has 324 valence electrons. The van der Waals surface area contributed by atoms with Crippen molar-refractivity contribution >= 4 is 60.7 Å². The van der Waals surface area contributed by atoms with Crippen molar-refractivity contribution in [1.29, 1.82) is 0 Å². The summed E-state index contributed by atoms with van der Waals surface area (Å²) in [6.45, 7) is 13.6. The van der Waals surface area contributed by atoms with Crippen LogP contribution in [0.2, 0.25) is 0 Å². The van der Waals surface area contributed by atoms with Crippen LogP contribution in [0, 0.1) is 0 Å². The Balaban J connectivity index is 1.23. The predicted octanol–water partition coefficient (Wildman–Crippen LogP) is 11.8. The van der Waals surface area contributed by atoms with Gasteiger partial charge < -0.3 is 43.4 Å². The lowest BCUT2D eigenvalue weighted by atomic mass is 9.94. The van der Waals surface area contributed by atoms with Gasteiger partial charge in [-0.2, -0.15) is 0 Å². The molecule has 0 saturated heterocycles. The first-order valence-corrected chi connectivity index (χ1v) is 22.0. The Bertz CT molecular complexity index is 2820. The summed E-state index contributed by atoms with van der Waals surface area (Å²) in [5, 5.41) is 18.4. The molecule has 2 N–H and O–H groups in total. The van der Waals surface area contributed by atoms with Crippen LogP contribution in [0.15, 0.2) is 169 Å². The van der Waals surface area contributed by atoms with Gasteiger partial charge in [0.25, 0.3) is 0 Å². The molecule has 8 rings (SSSR count). The van der Waals surface area contributed by atoms with Crippen LogP contribution in [0.25, 0.3) is 43.6 Å². The minimum absolute atomic E-state index is 0.0570. The van der Waals surface area contributed by atoms with E-state index in [4.69, 9.17) is 25.5 Å². The number of hydrogen-bond acceptors (Lipinski definition) is 7. The molecule has 0 amide bonds. The van der Waals surface area contributed by atoms with Crippen molar-refractivity contribution in [2.45, 2.75) is 39.8 Å². The number of aromatic nitrogens is 2. The molecule has 0 atom stereocenters. The molecule has 5 aromatic carbocycles. The number of aliphatic hydroxyl groups excluding tert-OH is 1. The van der Waals surface area contributed by atoms with E-state index in [1.54, 1.807) is 7.11 Å². The highest BCUT2D eigenvalue weighted by molar-refractivity contribution is 6.11. The Morgan fingerprint density at radius 2 is 1.38 bits per heavy atom. The number of benzene rings is 5. The van der Waals surface area contributed by atoms with Crippen LogP contribution in [0.1, 0.15) is 26.7 Å². The fraction of sp³-hybridized carbons (Fsp3) is 0.259. The molecule has 9 heteroatoms. The summed E-state index contributed by atoms with van der Waals surface area (Å²) in [7, 11) is 1.67. The number of methoxy groups -OCH3 is 1. The quantitative estimate of drug-likeness (QED) is 0.0551. The Morgan fingerprint density at radius 1 is 0.746 bits per heavy atom. The lowest BCUT2D eigenvalue weighted by Gasteiger charge is -2.28. The minimum Gasteiger partial charge on any atom is -0.491 e. The third-order valence-electron chi connectivity index (χ3n) is 11.6. The lowest BCUT2D eigenvalue weighted by Crippen LogP contribution is -2.16. The molecular formula is C54H58N4O5. The first-order valence-electron chi connectivity index (χ1n) is 22.0. The van der Waals surface area contributed by atoms with E-state index >= 15 is 0 Å². The number of rotatable bonds is 21. The Labute approximate surface area is 370 Å². The van der Waals surface area contributed by atoms with Gasteiger partial charge in [-0.1, -0.05) is 55.1 Å². The molecule has 0 saturated carbocycles. The van der Waals surface area contributed by atoms with Crippen molar-refractivity contribution in [1.82, 2.24) is 9.13 Å². The standard InChI is InChI=1S/C54H58N4O5/c1-5-13-41(36-39(3)45-14-7-10-17-50(45)55-40-20-24-44(25-21-40)63-35-32-60-4)58(42-22-26-53-48(37-42)46-15-8-11-18-51(46)56(53)28-30-59)43-23-27-54-49(38-43)47-16-9-12-19-52(47)57(54)29-31-62-34-33-61-6-2/h5,8-13,15-27,36-38,55,59H,3,6-7,14,28-35H2,1-2,4H3/b13-5-,41-36+. The van der Waals surface area contributed by atoms with E-state index in [1.807, 2.05) is 31.2 Å². The van der Waals surface area contributed by atoms with Crippen LogP contribution in [-0.2, 0) is 27.3 Å². The number of allylic oxidation sites excluding steroid dienone is 7. The van der Waals surface area contributed by atoms with Crippen LogP contribution < -0.4 is 15.0 Å².